The highest BCUT2D eigenvalue weighted by Gasteiger charge is 2.13. The number of carbonyl (C=O) groups is 1. The molecule has 0 saturated heterocycles. The highest BCUT2D eigenvalue weighted by Crippen LogP contribution is 2.24. The van der Waals surface area contributed by atoms with E-state index in [4.69, 9.17) is 4.99 Å². The van der Waals surface area contributed by atoms with E-state index >= 15 is 0 Å². The van der Waals surface area contributed by atoms with Gasteiger partial charge in [0.1, 0.15) is 0 Å². The number of aromatic nitrogens is 1. The molecule has 0 amide bonds. The van der Waals surface area contributed by atoms with Crippen LogP contribution in [0, 0.1) is 11.8 Å². The molecule has 1 aromatic carbocycles. The molecule has 1 aromatic heterocycles. The quantitative estimate of drug-likeness (QED) is 0.220. The van der Waals surface area contributed by atoms with Gasteiger partial charge in [-0.25, -0.2) is 0 Å². The first-order chi connectivity index (χ1) is 14.3. The zero-order valence-electron chi connectivity index (χ0n) is 19.3. The Morgan fingerprint density at radius 3 is 2.47 bits per heavy atom. The van der Waals surface area contributed by atoms with Crippen LogP contribution in [0.15, 0.2) is 29.3 Å². The van der Waals surface area contributed by atoms with Crippen LogP contribution in [0.3, 0.4) is 0 Å². The number of methoxy groups -OCH3 is 1. The lowest BCUT2D eigenvalue weighted by atomic mass is 10.1. The predicted octanol–water partition coefficient (Wildman–Crippen LogP) is 6.04. The number of nitrogens with zero attached hydrogens (tertiary/aromatic N) is 2. The third-order valence-electron chi connectivity index (χ3n) is 5.10. The van der Waals surface area contributed by atoms with Gasteiger partial charge >= 0.3 is 5.97 Å². The highest BCUT2D eigenvalue weighted by molar-refractivity contribution is 5.97. The molecule has 0 unspecified atom stereocenters. The van der Waals surface area contributed by atoms with Crippen LogP contribution in [0.2, 0.25) is 0 Å². The topological polar surface area (TPSA) is 43.6 Å². The van der Waals surface area contributed by atoms with Crippen LogP contribution in [-0.4, -0.2) is 29.4 Å². The number of carbonyl (C=O) groups excluding carboxylic acids is 1. The Bertz CT molecular complexity index is 920. The van der Waals surface area contributed by atoms with Gasteiger partial charge in [0.25, 0.3) is 0 Å². The van der Waals surface area contributed by atoms with Crippen molar-refractivity contribution in [3.8, 4) is 11.8 Å². The standard InChI is InChI=1S/C26H36N2O2/c1-26(2,3)27-20-24-22(21-17-14-15-18-23(21)28(24)4)16-12-10-8-6-7-9-11-13-19-25(29)30-5/h14-15,17-18,20H,6-11,13,19H2,1-5H3. The molecule has 0 aliphatic carbocycles. The third-order valence-corrected chi connectivity index (χ3v) is 5.10. The monoisotopic (exact) mass is 408 g/mol. The van der Waals surface area contributed by atoms with Crippen LogP contribution in [0.4, 0.5) is 0 Å². The number of ether oxygens (including phenoxy) is 1. The number of fused-ring (bicyclic) bond motifs is 1. The van der Waals surface area contributed by atoms with Crippen LogP contribution < -0.4 is 0 Å². The molecule has 0 N–H and O–H groups in total. The molecule has 30 heavy (non-hydrogen) atoms. The number of benzene rings is 1. The second kappa shape index (κ2) is 11.6. The van der Waals surface area contributed by atoms with Gasteiger partial charge < -0.3 is 9.30 Å². The van der Waals surface area contributed by atoms with Crippen LogP contribution in [0.25, 0.3) is 10.9 Å². The third kappa shape index (κ3) is 7.37. The molecular formula is C26H36N2O2. The van der Waals surface area contributed by atoms with Crippen molar-refractivity contribution in [3.63, 3.8) is 0 Å². The van der Waals surface area contributed by atoms with E-state index in [0.717, 1.165) is 36.9 Å². The van der Waals surface area contributed by atoms with Gasteiger partial charge in [-0.3, -0.25) is 9.79 Å². The lowest BCUT2D eigenvalue weighted by molar-refractivity contribution is -0.140. The first-order valence-electron chi connectivity index (χ1n) is 11.0. The average Bonchev–Trinajstić information content (AvgIpc) is 2.98. The van der Waals surface area contributed by atoms with Gasteiger partial charge in [0.15, 0.2) is 0 Å². The van der Waals surface area contributed by atoms with Crippen molar-refractivity contribution in [3.05, 3.63) is 35.5 Å². The molecule has 4 heteroatoms. The van der Waals surface area contributed by atoms with Crippen molar-refractivity contribution >= 4 is 23.1 Å². The van der Waals surface area contributed by atoms with E-state index in [-0.39, 0.29) is 11.5 Å². The number of aliphatic imine (C=N–C) groups is 1. The van der Waals surface area contributed by atoms with Crippen molar-refractivity contribution in [1.82, 2.24) is 4.57 Å². The van der Waals surface area contributed by atoms with Crippen molar-refractivity contribution in [1.29, 1.82) is 0 Å². The van der Waals surface area contributed by atoms with E-state index in [1.165, 1.54) is 37.3 Å². The lowest BCUT2D eigenvalue weighted by Crippen LogP contribution is -2.10. The van der Waals surface area contributed by atoms with Crippen LogP contribution in [0.1, 0.15) is 83.4 Å². The van der Waals surface area contributed by atoms with Crippen molar-refractivity contribution in [2.45, 2.75) is 77.7 Å². The summed E-state index contributed by atoms with van der Waals surface area (Å²) in [6.45, 7) is 6.31. The molecule has 0 bridgehead atoms. The molecule has 162 valence electrons. The molecule has 2 aromatic rings. The summed E-state index contributed by atoms with van der Waals surface area (Å²) in [5.41, 5.74) is 3.22. The Labute approximate surface area is 181 Å². The first kappa shape index (κ1) is 23.7. The van der Waals surface area contributed by atoms with E-state index in [1.807, 2.05) is 6.21 Å². The normalized spacial score (nSPS) is 11.6. The van der Waals surface area contributed by atoms with E-state index in [1.54, 1.807) is 0 Å². The van der Waals surface area contributed by atoms with Gasteiger partial charge in [-0.2, -0.15) is 0 Å². The number of para-hydroxylation sites is 1. The second-order valence-corrected chi connectivity index (χ2v) is 8.76. The maximum Gasteiger partial charge on any atom is 0.305 e. The number of hydrogen-bond acceptors (Lipinski definition) is 3. The van der Waals surface area contributed by atoms with Crippen LogP contribution in [0.5, 0.6) is 0 Å². The van der Waals surface area contributed by atoms with E-state index < -0.39 is 0 Å². The van der Waals surface area contributed by atoms with E-state index in [2.05, 4.69) is 73.2 Å². The molecule has 0 aliphatic heterocycles. The van der Waals surface area contributed by atoms with Gasteiger partial charge in [0, 0.05) is 37.0 Å². The SMILES string of the molecule is COC(=O)CCCCCCCCC#Cc1c(C=NC(C)(C)C)n(C)c2ccccc12. The van der Waals surface area contributed by atoms with E-state index in [0.29, 0.717) is 6.42 Å². The minimum absolute atomic E-state index is 0.106. The summed E-state index contributed by atoms with van der Waals surface area (Å²) in [5.74, 6) is 6.71. The summed E-state index contributed by atoms with van der Waals surface area (Å²) in [5, 5.41) is 1.19. The number of unbranched alkanes of at least 4 members (excludes halogenated alkanes) is 6. The molecule has 0 saturated carbocycles. The van der Waals surface area contributed by atoms with E-state index in [9.17, 15) is 4.79 Å². The molecule has 0 radical (unpaired) electrons. The van der Waals surface area contributed by atoms with Gasteiger partial charge in [-0.05, 0) is 39.7 Å². The first-order valence-corrected chi connectivity index (χ1v) is 11.0. The number of hydrogen-bond donors (Lipinski definition) is 0. The maximum absolute atomic E-state index is 11.1. The maximum atomic E-state index is 11.1. The summed E-state index contributed by atoms with van der Waals surface area (Å²) in [4.78, 5) is 15.8. The molecule has 4 nitrogen and oxygen atoms in total. The fourth-order valence-corrected chi connectivity index (χ4v) is 3.39. The Balaban J connectivity index is 1.92. The van der Waals surface area contributed by atoms with Crippen molar-refractivity contribution in [2.24, 2.45) is 12.0 Å². The molecular weight excluding hydrogens is 372 g/mol. The summed E-state index contributed by atoms with van der Waals surface area (Å²) >= 11 is 0. The summed E-state index contributed by atoms with van der Waals surface area (Å²) in [6, 6.07) is 8.41. The van der Waals surface area contributed by atoms with Crippen molar-refractivity contribution < 1.29 is 9.53 Å². The molecule has 0 aliphatic rings. The fourth-order valence-electron chi connectivity index (χ4n) is 3.39. The zero-order chi connectivity index (χ0) is 22.0. The molecule has 0 spiro atoms. The Hall–Kier alpha value is -2.54. The summed E-state index contributed by atoms with van der Waals surface area (Å²) in [6.07, 6.45) is 10.1. The number of aryl methyl sites for hydroxylation is 1. The Morgan fingerprint density at radius 1 is 1.10 bits per heavy atom. The van der Waals surface area contributed by atoms with Crippen molar-refractivity contribution in [2.75, 3.05) is 7.11 Å². The minimum atomic E-state index is -0.113. The number of rotatable bonds is 9. The van der Waals surface area contributed by atoms with Crippen LogP contribution in [-0.2, 0) is 16.6 Å². The predicted molar refractivity (Wildman–Crippen MR) is 126 cm³/mol. The molecule has 0 atom stereocenters. The smallest absolute Gasteiger partial charge is 0.305 e. The highest BCUT2D eigenvalue weighted by atomic mass is 16.5. The van der Waals surface area contributed by atoms with Gasteiger partial charge in [-0.15, -0.1) is 0 Å². The zero-order valence-corrected chi connectivity index (χ0v) is 19.3. The Morgan fingerprint density at radius 2 is 1.77 bits per heavy atom. The second-order valence-electron chi connectivity index (χ2n) is 8.76. The molecule has 2 rings (SSSR count). The number of esters is 1. The summed E-state index contributed by atoms with van der Waals surface area (Å²) < 4.78 is 6.85. The lowest BCUT2D eigenvalue weighted by Gasteiger charge is -2.11. The van der Waals surface area contributed by atoms with Gasteiger partial charge in [0.2, 0.25) is 0 Å². The Kier molecular flexibility index (Phi) is 9.17. The average molecular weight is 409 g/mol. The molecule has 1 heterocycles. The summed E-state index contributed by atoms with van der Waals surface area (Å²) in [7, 11) is 3.53. The van der Waals surface area contributed by atoms with Gasteiger partial charge in [-0.1, -0.05) is 55.7 Å². The van der Waals surface area contributed by atoms with Crippen LogP contribution >= 0.6 is 0 Å². The van der Waals surface area contributed by atoms with Gasteiger partial charge in [0.05, 0.1) is 23.9 Å². The molecule has 0 fully saturated rings. The minimum Gasteiger partial charge on any atom is -0.469 e. The fraction of sp³-hybridized carbons (Fsp3) is 0.538. The largest absolute Gasteiger partial charge is 0.469 e.